The minimum Gasteiger partial charge on any atom is -0.497 e. The molecule has 0 saturated carbocycles. The van der Waals surface area contributed by atoms with Gasteiger partial charge in [0.15, 0.2) is 0 Å². The number of nitrogens with one attached hydrogen (secondary N) is 1. The summed E-state index contributed by atoms with van der Waals surface area (Å²) in [5, 5.41) is 3.56. The van der Waals surface area contributed by atoms with Crippen LogP contribution in [0.4, 0.5) is 0 Å². The van der Waals surface area contributed by atoms with Crippen molar-refractivity contribution < 1.29 is 4.74 Å². The number of hydrogen-bond acceptors (Lipinski definition) is 3. The van der Waals surface area contributed by atoms with Crippen LogP contribution in [-0.2, 0) is 6.54 Å². The molecule has 90 valence electrons. The van der Waals surface area contributed by atoms with Crippen molar-refractivity contribution >= 4 is 11.8 Å². The summed E-state index contributed by atoms with van der Waals surface area (Å²) >= 11 is 1.89. The Morgan fingerprint density at radius 2 is 2.00 bits per heavy atom. The molecule has 0 fully saturated rings. The summed E-state index contributed by atoms with van der Waals surface area (Å²) < 4.78 is 5.13. The van der Waals surface area contributed by atoms with Crippen LogP contribution in [0.2, 0.25) is 0 Å². The molecule has 1 N–H and O–H groups in total. The number of benzene rings is 1. The molecule has 3 heteroatoms. The Bertz CT molecular complexity index is 286. The number of thioether (sulfide) groups is 1. The fourth-order valence-electron chi connectivity index (χ4n) is 1.53. The van der Waals surface area contributed by atoms with E-state index in [0.29, 0.717) is 6.04 Å². The van der Waals surface area contributed by atoms with Crippen molar-refractivity contribution in [2.75, 3.05) is 19.1 Å². The summed E-state index contributed by atoms with van der Waals surface area (Å²) in [6, 6.07) is 8.84. The molecule has 1 aromatic carbocycles. The molecule has 0 spiro atoms. The van der Waals surface area contributed by atoms with Gasteiger partial charge in [-0.05, 0) is 30.4 Å². The molecule has 0 bridgehead atoms. The maximum atomic E-state index is 5.13. The van der Waals surface area contributed by atoms with Crippen LogP contribution < -0.4 is 10.1 Å². The van der Waals surface area contributed by atoms with Crippen molar-refractivity contribution in [3.63, 3.8) is 0 Å². The van der Waals surface area contributed by atoms with Gasteiger partial charge in [-0.1, -0.05) is 19.1 Å². The van der Waals surface area contributed by atoms with Crippen LogP contribution in [0.5, 0.6) is 5.75 Å². The highest BCUT2D eigenvalue weighted by Crippen LogP contribution is 2.11. The summed E-state index contributed by atoms with van der Waals surface area (Å²) in [5.74, 6) is 2.09. The van der Waals surface area contributed by atoms with Crippen molar-refractivity contribution in [2.45, 2.75) is 25.9 Å². The van der Waals surface area contributed by atoms with E-state index in [1.54, 1.807) is 7.11 Å². The molecule has 1 unspecified atom stereocenters. The Morgan fingerprint density at radius 1 is 1.31 bits per heavy atom. The van der Waals surface area contributed by atoms with Crippen molar-refractivity contribution in [1.29, 1.82) is 0 Å². The molecule has 0 aliphatic rings. The molecule has 0 aliphatic carbocycles. The van der Waals surface area contributed by atoms with Gasteiger partial charge in [-0.15, -0.1) is 0 Å². The summed E-state index contributed by atoms with van der Waals surface area (Å²) in [5.41, 5.74) is 1.31. The molecule has 0 aromatic heterocycles. The van der Waals surface area contributed by atoms with E-state index in [0.717, 1.165) is 12.3 Å². The lowest BCUT2D eigenvalue weighted by Crippen LogP contribution is -2.30. The van der Waals surface area contributed by atoms with Gasteiger partial charge in [0.2, 0.25) is 0 Å². The number of rotatable bonds is 7. The third kappa shape index (κ3) is 4.45. The van der Waals surface area contributed by atoms with Gasteiger partial charge < -0.3 is 10.1 Å². The molecular formula is C13H21NOS. The summed E-state index contributed by atoms with van der Waals surface area (Å²) in [6.07, 6.45) is 3.33. The predicted octanol–water partition coefficient (Wildman–Crippen LogP) is 2.93. The first-order valence-electron chi connectivity index (χ1n) is 5.65. The van der Waals surface area contributed by atoms with Crippen LogP contribution in [-0.4, -0.2) is 25.2 Å². The minimum atomic E-state index is 0.608. The molecular weight excluding hydrogens is 218 g/mol. The van der Waals surface area contributed by atoms with E-state index < -0.39 is 0 Å². The molecule has 1 atom stereocenters. The smallest absolute Gasteiger partial charge is 0.118 e. The lowest BCUT2D eigenvalue weighted by Gasteiger charge is -2.15. The highest BCUT2D eigenvalue weighted by molar-refractivity contribution is 7.98. The lowest BCUT2D eigenvalue weighted by molar-refractivity contribution is 0.414. The second-order valence-corrected chi connectivity index (χ2v) is 4.70. The predicted molar refractivity (Wildman–Crippen MR) is 72.3 cm³/mol. The van der Waals surface area contributed by atoms with Crippen LogP contribution >= 0.6 is 11.8 Å². The fourth-order valence-corrected chi connectivity index (χ4v) is 2.28. The average Bonchev–Trinajstić information content (AvgIpc) is 2.35. The number of methoxy groups -OCH3 is 1. The zero-order valence-electron chi connectivity index (χ0n) is 10.3. The lowest BCUT2D eigenvalue weighted by atomic mass is 10.2. The zero-order valence-corrected chi connectivity index (χ0v) is 11.1. The van der Waals surface area contributed by atoms with Gasteiger partial charge in [0, 0.05) is 18.3 Å². The molecule has 0 heterocycles. The van der Waals surface area contributed by atoms with Crippen LogP contribution in [0.15, 0.2) is 24.3 Å². The van der Waals surface area contributed by atoms with E-state index in [2.05, 4.69) is 30.6 Å². The Labute approximate surface area is 103 Å². The maximum Gasteiger partial charge on any atom is 0.118 e. The Morgan fingerprint density at radius 3 is 2.50 bits per heavy atom. The van der Waals surface area contributed by atoms with Crippen molar-refractivity contribution in [2.24, 2.45) is 0 Å². The van der Waals surface area contributed by atoms with Gasteiger partial charge >= 0.3 is 0 Å². The van der Waals surface area contributed by atoms with E-state index in [1.807, 2.05) is 23.9 Å². The summed E-state index contributed by atoms with van der Waals surface area (Å²) in [6.45, 7) is 3.16. The van der Waals surface area contributed by atoms with Crippen molar-refractivity contribution in [3.05, 3.63) is 29.8 Å². The van der Waals surface area contributed by atoms with Gasteiger partial charge in [0.1, 0.15) is 5.75 Å². The molecule has 1 aromatic rings. The molecule has 0 amide bonds. The first kappa shape index (κ1) is 13.4. The first-order valence-corrected chi connectivity index (χ1v) is 7.04. The molecule has 0 aliphatic heterocycles. The largest absolute Gasteiger partial charge is 0.497 e. The van der Waals surface area contributed by atoms with Crippen LogP contribution in [0.25, 0.3) is 0 Å². The third-order valence-corrected chi connectivity index (χ3v) is 3.35. The van der Waals surface area contributed by atoms with Gasteiger partial charge in [0.25, 0.3) is 0 Å². The monoisotopic (exact) mass is 239 g/mol. The first-order chi connectivity index (χ1) is 7.80. The van der Waals surface area contributed by atoms with Gasteiger partial charge in [-0.3, -0.25) is 0 Å². The van der Waals surface area contributed by atoms with Crippen LogP contribution in [0.3, 0.4) is 0 Å². The summed E-state index contributed by atoms with van der Waals surface area (Å²) in [4.78, 5) is 0. The second kappa shape index (κ2) is 7.58. The topological polar surface area (TPSA) is 21.3 Å². The molecule has 0 saturated heterocycles. The third-order valence-electron chi connectivity index (χ3n) is 2.61. The highest BCUT2D eigenvalue weighted by atomic mass is 32.2. The average molecular weight is 239 g/mol. The Hall–Kier alpha value is -0.670. The Balaban J connectivity index is 2.40. The summed E-state index contributed by atoms with van der Waals surface area (Å²) in [7, 11) is 1.69. The van der Waals surface area contributed by atoms with Gasteiger partial charge in [0.05, 0.1) is 7.11 Å². The van der Waals surface area contributed by atoms with E-state index in [9.17, 15) is 0 Å². The molecule has 1 rings (SSSR count). The van der Waals surface area contributed by atoms with E-state index in [1.165, 1.54) is 17.7 Å². The highest BCUT2D eigenvalue weighted by Gasteiger charge is 2.04. The molecule has 0 radical (unpaired) electrons. The van der Waals surface area contributed by atoms with Crippen molar-refractivity contribution in [3.8, 4) is 5.75 Å². The SMILES string of the molecule is CCC(CSC)NCc1ccc(OC)cc1. The van der Waals surface area contributed by atoms with E-state index in [4.69, 9.17) is 4.74 Å². The van der Waals surface area contributed by atoms with Crippen LogP contribution in [0.1, 0.15) is 18.9 Å². The molecule has 16 heavy (non-hydrogen) atoms. The van der Waals surface area contributed by atoms with E-state index in [-0.39, 0.29) is 0 Å². The van der Waals surface area contributed by atoms with Gasteiger partial charge in [-0.2, -0.15) is 11.8 Å². The molecule has 2 nitrogen and oxygen atoms in total. The Kier molecular flexibility index (Phi) is 6.34. The van der Waals surface area contributed by atoms with Gasteiger partial charge in [-0.25, -0.2) is 0 Å². The minimum absolute atomic E-state index is 0.608. The van der Waals surface area contributed by atoms with Crippen LogP contribution in [0, 0.1) is 0 Å². The van der Waals surface area contributed by atoms with E-state index >= 15 is 0 Å². The number of ether oxygens (including phenoxy) is 1. The zero-order chi connectivity index (χ0) is 11.8. The maximum absolute atomic E-state index is 5.13. The quantitative estimate of drug-likeness (QED) is 0.790. The fraction of sp³-hybridized carbons (Fsp3) is 0.538. The number of hydrogen-bond donors (Lipinski definition) is 1. The normalized spacial score (nSPS) is 12.4. The van der Waals surface area contributed by atoms with Crippen molar-refractivity contribution in [1.82, 2.24) is 5.32 Å². The second-order valence-electron chi connectivity index (χ2n) is 3.79. The standard InChI is InChI=1S/C13H21NOS/c1-4-12(10-16-3)14-9-11-5-7-13(15-2)8-6-11/h5-8,12,14H,4,9-10H2,1-3H3.